The molecule has 1 aliphatic rings. The first-order chi connectivity index (χ1) is 5.68. The van der Waals surface area contributed by atoms with Gasteiger partial charge in [-0.2, -0.15) is 0 Å². The summed E-state index contributed by atoms with van der Waals surface area (Å²) in [6.07, 6.45) is 0.863. The Balaban J connectivity index is 2.60. The van der Waals surface area contributed by atoms with Gasteiger partial charge in [0.25, 0.3) is 0 Å². The van der Waals surface area contributed by atoms with Crippen LogP contribution in [0.2, 0.25) is 5.02 Å². The van der Waals surface area contributed by atoms with Gasteiger partial charge in [0.05, 0.1) is 6.10 Å². The monoisotopic (exact) mass is 186 g/mol. The minimum atomic E-state index is -0.534. The molecule has 0 amide bonds. The smallest absolute Gasteiger partial charge is 0.125 e. The predicted molar refractivity (Wildman–Crippen MR) is 44.7 cm³/mol. The molecule has 0 heterocycles. The third-order valence-electron chi connectivity index (χ3n) is 2.22. The van der Waals surface area contributed by atoms with E-state index in [9.17, 15) is 9.50 Å². The number of rotatable bonds is 0. The second-order valence-electron chi connectivity index (χ2n) is 3.01. The Hall–Kier alpha value is -0.600. The van der Waals surface area contributed by atoms with Gasteiger partial charge in [0.15, 0.2) is 0 Å². The fourth-order valence-electron chi connectivity index (χ4n) is 1.62. The molecular weight excluding hydrogens is 179 g/mol. The van der Waals surface area contributed by atoms with E-state index in [0.29, 0.717) is 17.0 Å². The Bertz CT molecular complexity index is 325. The van der Waals surface area contributed by atoms with E-state index in [-0.39, 0.29) is 5.82 Å². The van der Waals surface area contributed by atoms with E-state index in [0.717, 1.165) is 12.0 Å². The number of fused-ring (bicyclic) bond motifs is 1. The van der Waals surface area contributed by atoms with E-state index in [4.69, 9.17) is 11.6 Å². The standard InChI is InChI=1S/C9H8ClFO/c10-8-4-5(11)3-7-6(8)1-2-9(7)12/h3-4,9,12H,1-2H2/t9-/m1/s1. The van der Waals surface area contributed by atoms with Crippen LogP contribution in [0, 0.1) is 5.82 Å². The van der Waals surface area contributed by atoms with Gasteiger partial charge in [-0.05, 0) is 36.1 Å². The number of hydrogen-bond donors (Lipinski definition) is 1. The van der Waals surface area contributed by atoms with Crippen LogP contribution < -0.4 is 0 Å². The molecule has 1 N–H and O–H groups in total. The average molecular weight is 187 g/mol. The molecule has 1 atom stereocenters. The highest BCUT2D eigenvalue weighted by Crippen LogP contribution is 2.35. The van der Waals surface area contributed by atoms with E-state index in [2.05, 4.69) is 0 Å². The number of hydrogen-bond acceptors (Lipinski definition) is 1. The molecule has 2 rings (SSSR count). The molecule has 64 valence electrons. The molecule has 0 saturated carbocycles. The van der Waals surface area contributed by atoms with Crippen molar-refractivity contribution < 1.29 is 9.50 Å². The van der Waals surface area contributed by atoms with Crippen molar-refractivity contribution >= 4 is 11.6 Å². The normalized spacial score (nSPS) is 21.1. The molecule has 1 aromatic carbocycles. The maximum atomic E-state index is 12.8. The van der Waals surface area contributed by atoms with E-state index in [1.54, 1.807) is 0 Å². The van der Waals surface area contributed by atoms with Crippen LogP contribution in [0.4, 0.5) is 4.39 Å². The van der Waals surface area contributed by atoms with Crippen LogP contribution in [0.5, 0.6) is 0 Å². The van der Waals surface area contributed by atoms with Crippen LogP contribution in [0.15, 0.2) is 12.1 Å². The van der Waals surface area contributed by atoms with Crippen LogP contribution in [0.25, 0.3) is 0 Å². The predicted octanol–water partition coefficient (Wildman–Crippen LogP) is 2.46. The van der Waals surface area contributed by atoms with Gasteiger partial charge < -0.3 is 5.11 Å². The van der Waals surface area contributed by atoms with Crippen molar-refractivity contribution in [2.75, 3.05) is 0 Å². The fourth-order valence-corrected chi connectivity index (χ4v) is 1.93. The van der Waals surface area contributed by atoms with E-state index in [1.807, 2.05) is 0 Å². The average Bonchev–Trinajstić information content (AvgIpc) is 2.33. The van der Waals surface area contributed by atoms with Crippen molar-refractivity contribution in [3.8, 4) is 0 Å². The highest BCUT2D eigenvalue weighted by Gasteiger charge is 2.23. The first kappa shape index (κ1) is 8.02. The first-order valence-electron chi connectivity index (χ1n) is 3.84. The lowest BCUT2D eigenvalue weighted by atomic mass is 10.1. The van der Waals surface area contributed by atoms with Gasteiger partial charge >= 0.3 is 0 Å². The van der Waals surface area contributed by atoms with Gasteiger partial charge in [-0.3, -0.25) is 0 Å². The number of benzene rings is 1. The van der Waals surface area contributed by atoms with Gasteiger partial charge in [0.2, 0.25) is 0 Å². The molecule has 0 aromatic heterocycles. The van der Waals surface area contributed by atoms with Gasteiger partial charge in [0.1, 0.15) is 5.82 Å². The Morgan fingerprint density at radius 2 is 2.25 bits per heavy atom. The molecule has 12 heavy (non-hydrogen) atoms. The van der Waals surface area contributed by atoms with Crippen LogP contribution in [-0.4, -0.2) is 5.11 Å². The number of aliphatic hydroxyl groups is 1. The Kier molecular flexibility index (Phi) is 1.81. The molecule has 0 spiro atoms. The molecule has 0 fully saturated rings. The van der Waals surface area contributed by atoms with Gasteiger partial charge in [-0.25, -0.2) is 4.39 Å². The summed E-state index contributed by atoms with van der Waals surface area (Å²) in [5.74, 6) is -0.375. The van der Waals surface area contributed by atoms with Crippen molar-refractivity contribution in [1.82, 2.24) is 0 Å². The minimum absolute atomic E-state index is 0.375. The zero-order chi connectivity index (χ0) is 8.72. The molecule has 0 aliphatic heterocycles. The zero-order valence-corrected chi connectivity index (χ0v) is 7.11. The molecule has 0 bridgehead atoms. The van der Waals surface area contributed by atoms with Gasteiger partial charge in [-0.15, -0.1) is 0 Å². The van der Waals surface area contributed by atoms with Crippen molar-refractivity contribution in [2.24, 2.45) is 0 Å². The molecule has 1 aliphatic carbocycles. The molecule has 3 heteroatoms. The topological polar surface area (TPSA) is 20.2 Å². The lowest BCUT2D eigenvalue weighted by Crippen LogP contribution is -1.91. The Labute approximate surface area is 74.8 Å². The highest BCUT2D eigenvalue weighted by atomic mass is 35.5. The second kappa shape index (κ2) is 2.71. The summed E-state index contributed by atoms with van der Waals surface area (Å²) in [6.45, 7) is 0. The van der Waals surface area contributed by atoms with Crippen LogP contribution in [0.1, 0.15) is 23.7 Å². The van der Waals surface area contributed by atoms with E-state index in [1.165, 1.54) is 12.1 Å². The van der Waals surface area contributed by atoms with E-state index < -0.39 is 6.10 Å². The Morgan fingerprint density at radius 1 is 1.50 bits per heavy atom. The second-order valence-corrected chi connectivity index (χ2v) is 3.42. The van der Waals surface area contributed by atoms with Crippen molar-refractivity contribution in [3.63, 3.8) is 0 Å². The molecule has 0 unspecified atom stereocenters. The van der Waals surface area contributed by atoms with Crippen LogP contribution in [0.3, 0.4) is 0 Å². The SMILES string of the molecule is O[C@@H]1CCc2c(Cl)cc(F)cc21. The lowest BCUT2D eigenvalue weighted by molar-refractivity contribution is 0.179. The molecular formula is C9H8ClFO. The Morgan fingerprint density at radius 3 is 3.00 bits per heavy atom. The summed E-state index contributed by atoms with van der Waals surface area (Å²) in [7, 11) is 0. The van der Waals surface area contributed by atoms with Crippen molar-refractivity contribution in [2.45, 2.75) is 18.9 Å². The van der Waals surface area contributed by atoms with Crippen molar-refractivity contribution in [1.29, 1.82) is 0 Å². The third kappa shape index (κ3) is 1.11. The van der Waals surface area contributed by atoms with Crippen LogP contribution in [-0.2, 0) is 6.42 Å². The lowest BCUT2D eigenvalue weighted by Gasteiger charge is -2.04. The van der Waals surface area contributed by atoms with E-state index >= 15 is 0 Å². The molecule has 1 nitrogen and oxygen atoms in total. The molecule has 0 radical (unpaired) electrons. The quantitative estimate of drug-likeness (QED) is 0.660. The van der Waals surface area contributed by atoms with Crippen LogP contribution >= 0.6 is 11.6 Å². The fraction of sp³-hybridized carbons (Fsp3) is 0.333. The maximum absolute atomic E-state index is 12.8. The number of aliphatic hydroxyl groups excluding tert-OH is 1. The summed E-state index contributed by atoms with van der Waals surface area (Å²) < 4.78 is 12.8. The first-order valence-corrected chi connectivity index (χ1v) is 4.22. The molecule has 0 saturated heterocycles. The summed E-state index contributed by atoms with van der Waals surface area (Å²) in [5, 5.41) is 9.84. The summed E-state index contributed by atoms with van der Waals surface area (Å²) >= 11 is 5.79. The highest BCUT2D eigenvalue weighted by molar-refractivity contribution is 6.31. The maximum Gasteiger partial charge on any atom is 0.125 e. The van der Waals surface area contributed by atoms with Crippen molar-refractivity contribution in [3.05, 3.63) is 34.1 Å². The van der Waals surface area contributed by atoms with Gasteiger partial charge in [-0.1, -0.05) is 11.6 Å². The zero-order valence-electron chi connectivity index (χ0n) is 6.35. The number of halogens is 2. The van der Waals surface area contributed by atoms with Gasteiger partial charge in [0, 0.05) is 5.02 Å². The summed E-state index contributed by atoms with van der Waals surface area (Å²) in [4.78, 5) is 0. The largest absolute Gasteiger partial charge is 0.388 e. The minimum Gasteiger partial charge on any atom is -0.388 e. The molecule has 1 aromatic rings. The summed E-state index contributed by atoms with van der Waals surface area (Å²) in [5.41, 5.74) is 1.55. The third-order valence-corrected chi connectivity index (χ3v) is 2.56. The summed E-state index contributed by atoms with van der Waals surface area (Å²) in [6, 6.07) is 2.65.